The smallest absolute Gasteiger partial charge is 0.266 e. The molecule has 2 rings (SSSR count). The van der Waals surface area contributed by atoms with Gasteiger partial charge in [-0.3, -0.25) is 4.79 Å². The van der Waals surface area contributed by atoms with Gasteiger partial charge in [0, 0.05) is 14.8 Å². The van der Waals surface area contributed by atoms with E-state index in [4.69, 9.17) is 4.74 Å². The molecule has 4 nitrogen and oxygen atoms in total. The van der Waals surface area contributed by atoms with Gasteiger partial charge in [0.1, 0.15) is 17.4 Å². The Morgan fingerprint density at radius 2 is 1.92 bits per heavy atom. The number of amides is 1. The number of nitrogens with one attached hydrogen (secondary N) is 1. The fraction of sp³-hybridized carbons (Fsp3) is 0.158. The average molecular weight is 558 g/mol. The van der Waals surface area contributed by atoms with Crippen LogP contribution in [0.25, 0.3) is 6.08 Å². The van der Waals surface area contributed by atoms with Crippen LogP contribution in [0.1, 0.15) is 16.7 Å². The van der Waals surface area contributed by atoms with Crippen molar-refractivity contribution >= 4 is 62.9 Å². The van der Waals surface area contributed by atoms with Gasteiger partial charge in [-0.05, 0) is 100 Å². The number of methoxy groups -OCH3 is 1. The molecule has 0 atom stereocenters. The fourth-order valence-electron chi connectivity index (χ4n) is 2.22. The SMILES string of the molecule is COc1c(I)cc(I)cc1/C=C(\C#N)C(=O)Nc1ccc(C)c(C)c1. The summed E-state index contributed by atoms with van der Waals surface area (Å²) in [6.45, 7) is 3.98. The number of halogens is 2. The number of ether oxygens (including phenoxy) is 1. The Hall–Kier alpha value is -1.60. The van der Waals surface area contributed by atoms with E-state index in [1.165, 1.54) is 0 Å². The number of hydrogen-bond acceptors (Lipinski definition) is 3. The predicted molar refractivity (Wildman–Crippen MR) is 117 cm³/mol. The number of nitrogens with zero attached hydrogens (tertiary/aromatic N) is 1. The second-order valence-corrected chi connectivity index (χ2v) is 7.84. The number of anilines is 1. The lowest BCUT2D eigenvalue weighted by molar-refractivity contribution is -0.112. The van der Waals surface area contributed by atoms with Gasteiger partial charge in [0.05, 0.1) is 10.7 Å². The maximum Gasteiger partial charge on any atom is 0.266 e. The number of hydrogen-bond donors (Lipinski definition) is 1. The molecular weight excluding hydrogens is 542 g/mol. The van der Waals surface area contributed by atoms with Crippen molar-refractivity contribution in [2.75, 3.05) is 12.4 Å². The molecule has 6 heteroatoms. The molecule has 1 amide bonds. The maximum absolute atomic E-state index is 12.5. The summed E-state index contributed by atoms with van der Waals surface area (Å²) < 4.78 is 7.33. The van der Waals surface area contributed by atoms with Crippen molar-refractivity contribution in [3.8, 4) is 11.8 Å². The van der Waals surface area contributed by atoms with E-state index in [1.807, 2.05) is 50.2 Å². The molecule has 0 saturated carbocycles. The van der Waals surface area contributed by atoms with Crippen molar-refractivity contribution in [3.63, 3.8) is 0 Å². The number of nitriles is 1. The lowest BCUT2D eigenvalue weighted by atomic mass is 10.1. The molecule has 0 unspecified atom stereocenters. The molecule has 2 aromatic rings. The van der Waals surface area contributed by atoms with Crippen LogP contribution in [0.3, 0.4) is 0 Å². The third kappa shape index (κ3) is 4.95. The molecule has 0 fully saturated rings. The van der Waals surface area contributed by atoms with Crippen LogP contribution in [-0.4, -0.2) is 13.0 Å². The second kappa shape index (κ2) is 8.67. The molecule has 0 aliphatic carbocycles. The molecule has 0 saturated heterocycles. The lowest BCUT2D eigenvalue weighted by Gasteiger charge is -2.10. The summed E-state index contributed by atoms with van der Waals surface area (Å²) in [5, 5.41) is 12.2. The van der Waals surface area contributed by atoms with Crippen LogP contribution >= 0.6 is 45.2 Å². The molecule has 0 aromatic heterocycles. The molecule has 128 valence electrons. The first kappa shape index (κ1) is 19.7. The summed E-state index contributed by atoms with van der Waals surface area (Å²) in [6.07, 6.45) is 1.56. The van der Waals surface area contributed by atoms with Gasteiger partial charge >= 0.3 is 0 Å². The third-order valence-corrected chi connectivity index (χ3v) is 5.10. The minimum absolute atomic E-state index is 0.0225. The van der Waals surface area contributed by atoms with Crippen LogP contribution < -0.4 is 10.1 Å². The van der Waals surface area contributed by atoms with Gasteiger partial charge in [0.2, 0.25) is 0 Å². The van der Waals surface area contributed by atoms with E-state index in [0.29, 0.717) is 17.0 Å². The highest BCUT2D eigenvalue weighted by Crippen LogP contribution is 2.30. The zero-order chi connectivity index (χ0) is 18.6. The molecule has 0 spiro atoms. The Morgan fingerprint density at radius 1 is 1.20 bits per heavy atom. The topological polar surface area (TPSA) is 62.1 Å². The van der Waals surface area contributed by atoms with Gasteiger partial charge in [0.15, 0.2) is 0 Å². The van der Waals surface area contributed by atoms with Gasteiger partial charge in [-0.25, -0.2) is 0 Å². The average Bonchev–Trinajstić information content (AvgIpc) is 2.55. The first-order valence-corrected chi connectivity index (χ1v) is 9.55. The molecule has 0 radical (unpaired) electrons. The first-order valence-electron chi connectivity index (χ1n) is 7.39. The highest BCUT2D eigenvalue weighted by atomic mass is 127. The van der Waals surface area contributed by atoms with Crippen molar-refractivity contribution in [1.82, 2.24) is 0 Å². The summed E-state index contributed by atoms with van der Waals surface area (Å²) in [5.74, 6) is 0.203. The Labute approximate surface area is 174 Å². The number of rotatable bonds is 4. The highest BCUT2D eigenvalue weighted by Gasteiger charge is 2.13. The Balaban J connectivity index is 2.36. The van der Waals surface area contributed by atoms with Crippen LogP contribution in [0, 0.1) is 32.3 Å². The van der Waals surface area contributed by atoms with Gasteiger partial charge in [0.25, 0.3) is 5.91 Å². The normalized spacial score (nSPS) is 11.0. The van der Waals surface area contributed by atoms with Gasteiger partial charge < -0.3 is 10.1 Å². The minimum atomic E-state index is -0.443. The van der Waals surface area contributed by atoms with Crippen molar-refractivity contribution < 1.29 is 9.53 Å². The Bertz CT molecular complexity index is 899. The number of carbonyl (C=O) groups excluding carboxylic acids is 1. The van der Waals surface area contributed by atoms with Crippen molar-refractivity contribution in [2.24, 2.45) is 0 Å². The minimum Gasteiger partial charge on any atom is -0.495 e. The first-order chi connectivity index (χ1) is 11.8. The monoisotopic (exact) mass is 558 g/mol. The molecule has 25 heavy (non-hydrogen) atoms. The summed E-state index contributed by atoms with van der Waals surface area (Å²) >= 11 is 4.36. The zero-order valence-electron chi connectivity index (χ0n) is 14.0. The third-order valence-electron chi connectivity index (χ3n) is 3.67. The van der Waals surface area contributed by atoms with E-state index < -0.39 is 5.91 Å². The van der Waals surface area contributed by atoms with E-state index in [9.17, 15) is 10.1 Å². The van der Waals surface area contributed by atoms with Crippen LogP contribution in [0.15, 0.2) is 35.9 Å². The quantitative estimate of drug-likeness (QED) is 0.324. The van der Waals surface area contributed by atoms with Crippen LogP contribution in [0.5, 0.6) is 5.75 Å². The summed E-state index contributed by atoms with van der Waals surface area (Å²) in [6, 6.07) is 11.5. The van der Waals surface area contributed by atoms with Crippen LogP contribution in [0.2, 0.25) is 0 Å². The van der Waals surface area contributed by atoms with E-state index in [2.05, 4.69) is 50.5 Å². The lowest BCUT2D eigenvalue weighted by Crippen LogP contribution is -2.13. The number of benzene rings is 2. The molecule has 1 N–H and O–H groups in total. The summed E-state index contributed by atoms with van der Waals surface area (Å²) in [4.78, 5) is 12.5. The summed E-state index contributed by atoms with van der Waals surface area (Å²) in [7, 11) is 1.57. The van der Waals surface area contributed by atoms with Crippen molar-refractivity contribution in [3.05, 3.63) is 59.7 Å². The van der Waals surface area contributed by atoms with E-state index in [1.54, 1.807) is 13.2 Å². The predicted octanol–water partition coefficient (Wildman–Crippen LogP) is 5.07. The van der Waals surface area contributed by atoms with E-state index in [-0.39, 0.29) is 5.57 Å². The zero-order valence-corrected chi connectivity index (χ0v) is 18.3. The Morgan fingerprint density at radius 3 is 2.52 bits per heavy atom. The van der Waals surface area contributed by atoms with Gasteiger partial charge in [-0.2, -0.15) is 5.26 Å². The largest absolute Gasteiger partial charge is 0.495 e. The maximum atomic E-state index is 12.5. The van der Waals surface area contributed by atoms with Crippen LogP contribution in [0.4, 0.5) is 5.69 Å². The highest BCUT2D eigenvalue weighted by molar-refractivity contribution is 14.1. The molecule has 2 aromatic carbocycles. The fourth-order valence-corrected chi connectivity index (χ4v) is 4.33. The molecule has 0 aliphatic heterocycles. The van der Waals surface area contributed by atoms with Gasteiger partial charge in [-0.15, -0.1) is 0 Å². The second-order valence-electron chi connectivity index (χ2n) is 5.43. The van der Waals surface area contributed by atoms with Gasteiger partial charge in [-0.1, -0.05) is 6.07 Å². The summed E-state index contributed by atoms with van der Waals surface area (Å²) in [5.41, 5.74) is 3.61. The Kier molecular flexibility index (Phi) is 6.84. The molecule has 0 heterocycles. The van der Waals surface area contributed by atoms with Crippen molar-refractivity contribution in [1.29, 1.82) is 5.26 Å². The van der Waals surface area contributed by atoms with Crippen LogP contribution in [-0.2, 0) is 4.79 Å². The number of aryl methyl sites for hydroxylation is 2. The van der Waals surface area contributed by atoms with E-state index >= 15 is 0 Å². The van der Waals surface area contributed by atoms with Crippen molar-refractivity contribution in [2.45, 2.75) is 13.8 Å². The molecule has 0 aliphatic rings. The molecular formula is C19H16I2N2O2. The number of carbonyl (C=O) groups is 1. The molecule has 0 bridgehead atoms. The van der Waals surface area contributed by atoms with E-state index in [0.717, 1.165) is 18.3 Å². The standard InChI is InChI=1S/C19H16I2N2O2/c1-11-4-5-16(6-12(11)2)23-19(24)14(10-22)7-13-8-15(20)9-17(21)18(13)25-3/h4-9H,1-3H3,(H,23,24)/b14-7+.